The van der Waals surface area contributed by atoms with Crippen LogP contribution in [0, 0.1) is 0 Å². The van der Waals surface area contributed by atoms with Gasteiger partial charge < -0.3 is 9.84 Å². The van der Waals surface area contributed by atoms with Crippen molar-refractivity contribution in [3.05, 3.63) is 23.8 Å². The van der Waals surface area contributed by atoms with E-state index < -0.39 is 10.3 Å². The van der Waals surface area contributed by atoms with Crippen molar-refractivity contribution in [3.63, 3.8) is 0 Å². The van der Waals surface area contributed by atoms with Gasteiger partial charge in [-0.3, -0.25) is 4.18 Å². The van der Waals surface area contributed by atoms with Gasteiger partial charge in [-0.25, -0.2) is 5.14 Å². The van der Waals surface area contributed by atoms with Gasteiger partial charge >= 0.3 is 10.3 Å². The van der Waals surface area contributed by atoms with E-state index in [0.717, 1.165) is 0 Å². The predicted molar refractivity (Wildman–Crippen MR) is 52.6 cm³/mol. The van der Waals surface area contributed by atoms with Crippen LogP contribution >= 0.6 is 0 Å². The van der Waals surface area contributed by atoms with Crippen molar-refractivity contribution >= 4 is 10.3 Å². The molecule has 0 aliphatic carbocycles. The summed E-state index contributed by atoms with van der Waals surface area (Å²) in [6.07, 6.45) is 0. The van der Waals surface area contributed by atoms with Crippen molar-refractivity contribution in [2.75, 3.05) is 7.11 Å². The van der Waals surface area contributed by atoms with Crippen LogP contribution in [-0.4, -0.2) is 20.6 Å². The lowest BCUT2D eigenvalue weighted by Gasteiger charge is -2.07. The summed E-state index contributed by atoms with van der Waals surface area (Å²) in [6, 6.07) is 4.64. The first-order valence-corrected chi connectivity index (χ1v) is 5.43. The maximum Gasteiger partial charge on any atom is 0.333 e. The Morgan fingerprint density at radius 2 is 2.13 bits per heavy atom. The maximum absolute atomic E-state index is 10.5. The number of nitrogens with two attached hydrogens (primary N) is 1. The number of benzene rings is 1. The van der Waals surface area contributed by atoms with Gasteiger partial charge in [-0.1, -0.05) is 12.1 Å². The quantitative estimate of drug-likeness (QED) is 0.769. The van der Waals surface area contributed by atoms with E-state index in [1.807, 2.05) is 0 Å². The molecule has 3 N–H and O–H groups in total. The Morgan fingerprint density at radius 3 is 2.67 bits per heavy atom. The normalized spacial score (nSPS) is 11.3. The molecule has 6 nitrogen and oxygen atoms in total. The number of phenols is 1. The average Bonchev–Trinajstić information content (AvgIpc) is 2.15. The number of phenolic OH excluding ortho intramolecular Hbond substituents is 1. The molecule has 0 heterocycles. The summed E-state index contributed by atoms with van der Waals surface area (Å²) in [4.78, 5) is 0. The minimum Gasteiger partial charge on any atom is -0.504 e. The van der Waals surface area contributed by atoms with Crippen LogP contribution in [-0.2, 0) is 21.1 Å². The van der Waals surface area contributed by atoms with Crippen molar-refractivity contribution in [1.29, 1.82) is 0 Å². The molecule has 0 aliphatic heterocycles. The molecule has 7 heteroatoms. The van der Waals surface area contributed by atoms with E-state index in [1.54, 1.807) is 6.07 Å². The van der Waals surface area contributed by atoms with Gasteiger partial charge in [0, 0.05) is 5.56 Å². The van der Waals surface area contributed by atoms with E-state index in [4.69, 9.17) is 4.74 Å². The molecular weight excluding hydrogens is 222 g/mol. The molecule has 0 bridgehead atoms. The van der Waals surface area contributed by atoms with Gasteiger partial charge in [0.05, 0.1) is 13.7 Å². The number of hydrogen-bond acceptors (Lipinski definition) is 5. The highest BCUT2D eigenvalue weighted by atomic mass is 32.2. The SMILES string of the molecule is COc1cccc(COS(N)(=O)=O)c1O. The summed E-state index contributed by atoms with van der Waals surface area (Å²) in [5.74, 6) is 0.0779. The fourth-order valence-corrected chi connectivity index (χ4v) is 1.29. The Kier molecular flexibility index (Phi) is 3.51. The molecule has 0 amide bonds. The zero-order chi connectivity index (χ0) is 11.5. The van der Waals surface area contributed by atoms with Gasteiger partial charge in [-0.15, -0.1) is 0 Å². The summed E-state index contributed by atoms with van der Waals surface area (Å²) < 4.78 is 30.2. The highest BCUT2D eigenvalue weighted by Crippen LogP contribution is 2.29. The lowest BCUT2D eigenvalue weighted by atomic mass is 10.2. The van der Waals surface area contributed by atoms with Gasteiger partial charge in [0.15, 0.2) is 11.5 Å². The monoisotopic (exact) mass is 233 g/mol. The lowest BCUT2D eigenvalue weighted by Crippen LogP contribution is -2.15. The molecule has 0 radical (unpaired) electrons. The van der Waals surface area contributed by atoms with E-state index in [0.29, 0.717) is 0 Å². The topological polar surface area (TPSA) is 98.9 Å². The van der Waals surface area contributed by atoms with Gasteiger partial charge in [-0.2, -0.15) is 8.42 Å². The summed E-state index contributed by atoms with van der Waals surface area (Å²) in [5, 5.41) is 14.2. The molecule has 0 saturated carbocycles. The molecule has 0 aliphatic rings. The molecule has 0 saturated heterocycles. The zero-order valence-electron chi connectivity index (χ0n) is 8.00. The predicted octanol–water partition coefficient (Wildman–Crippen LogP) is 0.121. The van der Waals surface area contributed by atoms with Crippen LogP contribution in [0.3, 0.4) is 0 Å². The average molecular weight is 233 g/mol. The Morgan fingerprint density at radius 1 is 1.47 bits per heavy atom. The van der Waals surface area contributed by atoms with Crippen LogP contribution in [0.15, 0.2) is 18.2 Å². The van der Waals surface area contributed by atoms with Crippen LogP contribution in [0.5, 0.6) is 11.5 Å². The second kappa shape index (κ2) is 4.47. The minimum atomic E-state index is -4.01. The zero-order valence-corrected chi connectivity index (χ0v) is 8.82. The maximum atomic E-state index is 10.5. The first-order valence-electron chi connectivity index (χ1n) is 3.96. The third-order valence-electron chi connectivity index (χ3n) is 1.68. The standard InChI is InChI=1S/C8H11NO5S/c1-13-7-4-2-3-6(8(7)10)5-14-15(9,11)12/h2-4,10H,5H2,1H3,(H2,9,11,12). The van der Waals surface area contributed by atoms with Crippen LogP contribution in [0.4, 0.5) is 0 Å². The summed E-state index contributed by atoms with van der Waals surface area (Å²) in [5.41, 5.74) is 0.281. The number of rotatable bonds is 4. The molecule has 1 aromatic rings. The molecule has 0 unspecified atom stereocenters. The van der Waals surface area contributed by atoms with Crippen molar-refractivity contribution in [2.24, 2.45) is 5.14 Å². The van der Waals surface area contributed by atoms with E-state index in [-0.39, 0.29) is 23.7 Å². The number of para-hydroxylation sites is 1. The molecule has 84 valence electrons. The van der Waals surface area contributed by atoms with Crippen LogP contribution < -0.4 is 9.88 Å². The third-order valence-corrected chi connectivity index (χ3v) is 2.13. The summed E-state index contributed by atoms with van der Waals surface area (Å²) in [7, 11) is -2.62. The Balaban J connectivity index is 2.87. The second-order valence-corrected chi connectivity index (χ2v) is 3.94. The molecule has 0 spiro atoms. The first-order chi connectivity index (χ1) is 6.94. The molecular formula is C8H11NO5S. The Bertz CT molecular complexity index is 442. The van der Waals surface area contributed by atoms with Crippen molar-refractivity contribution in [1.82, 2.24) is 0 Å². The van der Waals surface area contributed by atoms with E-state index >= 15 is 0 Å². The van der Waals surface area contributed by atoms with Gasteiger partial charge in [0.25, 0.3) is 0 Å². The number of aromatic hydroxyl groups is 1. The van der Waals surface area contributed by atoms with E-state index in [9.17, 15) is 13.5 Å². The van der Waals surface area contributed by atoms with Crippen LogP contribution in [0.1, 0.15) is 5.56 Å². The Hall–Kier alpha value is -1.31. The molecule has 0 fully saturated rings. The molecule has 15 heavy (non-hydrogen) atoms. The van der Waals surface area contributed by atoms with E-state index in [1.165, 1.54) is 19.2 Å². The van der Waals surface area contributed by atoms with Crippen molar-refractivity contribution in [3.8, 4) is 11.5 Å². The molecule has 1 aromatic carbocycles. The largest absolute Gasteiger partial charge is 0.504 e. The lowest BCUT2D eigenvalue weighted by molar-refractivity contribution is 0.298. The Labute approximate surface area is 87.5 Å². The fourth-order valence-electron chi connectivity index (χ4n) is 0.995. The highest BCUT2D eigenvalue weighted by Gasteiger charge is 2.10. The fraction of sp³-hybridized carbons (Fsp3) is 0.250. The number of methoxy groups -OCH3 is 1. The third kappa shape index (κ3) is 3.39. The van der Waals surface area contributed by atoms with Crippen LogP contribution in [0.2, 0.25) is 0 Å². The highest BCUT2D eigenvalue weighted by molar-refractivity contribution is 7.84. The first kappa shape index (κ1) is 11.8. The molecule has 0 aromatic heterocycles. The second-order valence-electron chi connectivity index (χ2n) is 2.72. The number of ether oxygens (including phenoxy) is 1. The van der Waals surface area contributed by atoms with E-state index in [2.05, 4.69) is 9.32 Å². The number of hydrogen-bond donors (Lipinski definition) is 2. The van der Waals surface area contributed by atoms with Crippen molar-refractivity contribution in [2.45, 2.75) is 6.61 Å². The van der Waals surface area contributed by atoms with Crippen molar-refractivity contribution < 1.29 is 22.4 Å². The summed E-state index contributed by atoms with van der Waals surface area (Å²) >= 11 is 0. The minimum absolute atomic E-state index is 0.163. The van der Waals surface area contributed by atoms with Gasteiger partial charge in [-0.05, 0) is 6.07 Å². The van der Waals surface area contributed by atoms with Gasteiger partial charge in [0.2, 0.25) is 0 Å². The van der Waals surface area contributed by atoms with Gasteiger partial charge in [0.1, 0.15) is 0 Å². The summed E-state index contributed by atoms with van der Waals surface area (Å²) in [6.45, 7) is -0.331. The van der Waals surface area contributed by atoms with Crippen LogP contribution in [0.25, 0.3) is 0 Å². The molecule has 0 atom stereocenters. The molecule has 1 rings (SSSR count). The smallest absolute Gasteiger partial charge is 0.333 e.